The van der Waals surface area contributed by atoms with E-state index in [-0.39, 0.29) is 11.0 Å². The summed E-state index contributed by atoms with van der Waals surface area (Å²) in [5, 5.41) is 4.15. The van der Waals surface area contributed by atoms with Crippen LogP contribution >= 0.6 is 0 Å². The summed E-state index contributed by atoms with van der Waals surface area (Å²) in [6.45, 7) is 4.52. The smallest absolute Gasteiger partial charge is 0.232 e. The van der Waals surface area contributed by atoms with Crippen molar-refractivity contribution in [1.29, 1.82) is 0 Å². The van der Waals surface area contributed by atoms with E-state index >= 15 is 0 Å². The molecular weight excluding hydrogens is 226 g/mol. The molecule has 2 aliphatic rings. The average Bonchev–Trinajstić information content (AvgIpc) is 2.69. The predicted octanol–water partition coefficient (Wildman–Crippen LogP) is 2.88. The lowest BCUT2D eigenvalue weighted by molar-refractivity contribution is 0.143. The van der Waals surface area contributed by atoms with Crippen LogP contribution in [0.15, 0.2) is 4.52 Å². The Morgan fingerprint density at radius 2 is 1.89 bits per heavy atom. The minimum Gasteiger partial charge on any atom is -0.339 e. The van der Waals surface area contributed by atoms with Crippen LogP contribution in [-0.4, -0.2) is 10.1 Å². The third-order valence-electron chi connectivity index (χ3n) is 4.68. The molecule has 0 aliphatic heterocycles. The highest BCUT2D eigenvalue weighted by molar-refractivity contribution is 5.15. The van der Waals surface area contributed by atoms with E-state index in [0.29, 0.717) is 5.92 Å². The molecule has 0 bridgehead atoms. The summed E-state index contributed by atoms with van der Waals surface area (Å²) >= 11 is 0. The second kappa shape index (κ2) is 4.05. The van der Waals surface area contributed by atoms with Crippen LogP contribution < -0.4 is 5.73 Å². The highest BCUT2D eigenvalue weighted by atomic mass is 16.5. The molecule has 2 fully saturated rings. The summed E-state index contributed by atoms with van der Waals surface area (Å²) in [6, 6.07) is 0. The van der Waals surface area contributed by atoms with Crippen molar-refractivity contribution < 1.29 is 4.52 Å². The maximum atomic E-state index is 6.26. The van der Waals surface area contributed by atoms with Gasteiger partial charge >= 0.3 is 0 Å². The largest absolute Gasteiger partial charge is 0.339 e. The lowest BCUT2D eigenvalue weighted by Gasteiger charge is -2.40. The van der Waals surface area contributed by atoms with Gasteiger partial charge in [0.1, 0.15) is 0 Å². The Morgan fingerprint density at radius 3 is 2.33 bits per heavy atom. The Balaban J connectivity index is 1.83. The van der Waals surface area contributed by atoms with Gasteiger partial charge in [-0.15, -0.1) is 0 Å². The molecular formula is C14H23N3O. The van der Waals surface area contributed by atoms with E-state index in [2.05, 4.69) is 24.0 Å². The summed E-state index contributed by atoms with van der Waals surface area (Å²) in [6.07, 6.45) is 7.95. The standard InChI is InChI=1S/C14H23N3O/c1-10(2)9-13(5-3-6-13)12-16-11(17-18-12)14(15)7-4-8-14/h10H,3-9,15H2,1-2H3. The molecule has 4 nitrogen and oxygen atoms in total. The number of rotatable bonds is 4. The maximum absolute atomic E-state index is 6.26. The number of hydrogen-bond acceptors (Lipinski definition) is 4. The fraction of sp³-hybridized carbons (Fsp3) is 0.857. The maximum Gasteiger partial charge on any atom is 0.232 e. The summed E-state index contributed by atoms with van der Waals surface area (Å²) < 4.78 is 5.55. The van der Waals surface area contributed by atoms with Crippen LogP contribution in [0.1, 0.15) is 70.5 Å². The van der Waals surface area contributed by atoms with Gasteiger partial charge in [0.05, 0.1) is 5.54 Å². The van der Waals surface area contributed by atoms with Gasteiger partial charge in [-0.2, -0.15) is 4.98 Å². The van der Waals surface area contributed by atoms with Crippen LogP contribution in [-0.2, 0) is 11.0 Å². The highest BCUT2D eigenvalue weighted by Crippen LogP contribution is 2.48. The molecule has 0 amide bonds. The molecule has 0 aromatic carbocycles. The zero-order valence-electron chi connectivity index (χ0n) is 11.4. The van der Waals surface area contributed by atoms with Crippen LogP contribution in [0.3, 0.4) is 0 Å². The number of hydrogen-bond donors (Lipinski definition) is 1. The van der Waals surface area contributed by atoms with E-state index in [4.69, 9.17) is 10.3 Å². The average molecular weight is 249 g/mol. The van der Waals surface area contributed by atoms with Crippen molar-refractivity contribution in [2.75, 3.05) is 0 Å². The van der Waals surface area contributed by atoms with Gasteiger partial charge in [-0.25, -0.2) is 0 Å². The molecule has 18 heavy (non-hydrogen) atoms. The van der Waals surface area contributed by atoms with Crippen molar-refractivity contribution in [3.05, 3.63) is 11.7 Å². The van der Waals surface area contributed by atoms with Crippen molar-refractivity contribution in [2.24, 2.45) is 11.7 Å². The van der Waals surface area contributed by atoms with E-state index in [1.807, 2.05) is 0 Å². The summed E-state index contributed by atoms with van der Waals surface area (Å²) in [5.74, 6) is 2.24. The Labute approximate surface area is 108 Å². The quantitative estimate of drug-likeness (QED) is 0.891. The monoisotopic (exact) mass is 249 g/mol. The molecule has 1 aromatic heterocycles. The molecule has 0 saturated heterocycles. The zero-order valence-corrected chi connectivity index (χ0v) is 11.4. The third kappa shape index (κ3) is 1.78. The molecule has 100 valence electrons. The molecule has 3 rings (SSSR count). The topological polar surface area (TPSA) is 64.9 Å². The molecule has 1 heterocycles. The van der Waals surface area contributed by atoms with E-state index < -0.39 is 0 Å². The Hall–Kier alpha value is -0.900. The fourth-order valence-corrected chi connectivity index (χ4v) is 3.31. The Morgan fingerprint density at radius 1 is 1.22 bits per heavy atom. The van der Waals surface area contributed by atoms with Crippen LogP contribution in [0, 0.1) is 5.92 Å². The van der Waals surface area contributed by atoms with Gasteiger partial charge in [0.25, 0.3) is 0 Å². The third-order valence-corrected chi connectivity index (χ3v) is 4.68. The predicted molar refractivity (Wildman–Crippen MR) is 69.0 cm³/mol. The van der Waals surface area contributed by atoms with Gasteiger partial charge in [0.15, 0.2) is 5.82 Å². The normalized spacial score (nSPS) is 24.7. The van der Waals surface area contributed by atoms with Crippen LogP contribution in [0.5, 0.6) is 0 Å². The lowest BCUT2D eigenvalue weighted by atomic mass is 9.64. The van der Waals surface area contributed by atoms with E-state index in [9.17, 15) is 0 Å². The van der Waals surface area contributed by atoms with E-state index in [0.717, 1.165) is 31.0 Å². The minimum atomic E-state index is -0.301. The van der Waals surface area contributed by atoms with Crippen molar-refractivity contribution in [3.8, 4) is 0 Å². The number of nitrogens with two attached hydrogens (primary N) is 1. The molecule has 4 heteroatoms. The SMILES string of the molecule is CC(C)CC1(c2nc(C3(N)CCC3)no2)CCC1. The van der Waals surface area contributed by atoms with Gasteiger partial charge in [-0.3, -0.25) is 0 Å². The second-order valence-electron chi connectivity index (χ2n) is 6.66. The van der Waals surface area contributed by atoms with Crippen molar-refractivity contribution in [1.82, 2.24) is 10.1 Å². The first-order chi connectivity index (χ1) is 8.54. The summed E-state index contributed by atoms with van der Waals surface area (Å²) in [7, 11) is 0. The first-order valence-corrected chi connectivity index (χ1v) is 7.18. The first-order valence-electron chi connectivity index (χ1n) is 7.18. The zero-order chi connectivity index (χ0) is 12.8. The number of nitrogens with zero attached hydrogens (tertiary/aromatic N) is 2. The van der Waals surface area contributed by atoms with E-state index in [1.165, 1.54) is 25.7 Å². The van der Waals surface area contributed by atoms with Gasteiger partial charge in [-0.1, -0.05) is 25.4 Å². The van der Waals surface area contributed by atoms with Crippen molar-refractivity contribution in [3.63, 3.8) is 0 Å². The van der Waals surface area contributed by atoms with Gasteiger partial charge < -0.3 is 10.3 Å². The van der Waals surface area contributed by atoms with Gasteiger partial charge in [0, 0.05) is 5.41 Å². The van der Waals surface area contributed by atoms with Crippen LogP contribution in [0.25, 0.3) is 0 Å². The number of aromatic nitrogens is 2. The molecule has 0 unspecified atom stereocenters. The lowest BCUT2D eigenvalue weighted by Crippen LogP contribution is -2.44. The Bertz CT molecular complexity index is 430. The van der Waals surface area contributed by atoms with Crippen LogP contribution in [0.4, 0.5) is 0 Å². The molecule has 0 radical (unpaired) electrons. The fourth-order valence-electron chi connectivity index (χ4n) is 3.31. The first kappa shape index (κ1) is 12.2. The minimum absolute atomic E-state index is 0.152. The van der Waals surface area contributed by atoms with Crippen molar-refractivity contribution in [2.45, 2.75) is 69.7 Å². The van der Waals surface area contributed by atoms with Crippen LogP contribution in [0.2, 0.25) is 0 Å². The summed E-state index contributed by atoms with van der Waals surface area (Å²) in [4.78, 5) is 4.65. The second-order valence-corrected chi connectivity index (χ2v) is 6.66. The van der Waals surface area contributed by atoms with E-state index in [1.54, 1.807) is 0 Å². The highest BCUT2D eigenvalue weighted by Gasteiger charge is 2.46. The van der Waals surface area contributed by atoms with Gasteiger partial charge in [-0.05, 0) is 44.4 Å². The van der Waals surface area contributed by atoms with Gasteiger partial charge in [0.2, 0.25) is 5.89 Å². The molecule has 1 aromatic rings. The molecule has 2 aliphatic carbocycles. The molecule has 2 N–H and O–H groups in total. The molecule has 0 spiro atoms. The Kier molecular flexibility index (Phi) is 2.73. The molecule has 2 saturated carbocycles. The van der Waals surface area contributed by atoms with Crippen molar-refractivity contribution >= 4 is 0 Å². The molecule has 0 atom stereocenters. The summed E-state index contributed by atoms with van der Waals surface area (Å²) in [5.41, 5.74) is 6.11.